The van der Waals surface area contributed by atoms with Crippen LogP contribution in [0.4, 0.5) is 0 Å². The molecule has 0 bridgehead atoms. The predicted octanol–water partition coefficient (Wildman–Crippen LogP) is 1.00. The van der Waals surface area contributed by atoms with Gasteiger partial charge < -0.3 is 9.51 Å². The van der Waals surface area contributed by atoms with E-state index in [-0.39, 0.29) is 11.1 Å². The van der Waals surface area contributed by atoms with Crippen LogP contribution in [0.3, 0.4) is 0 Å². The zero-order valence-electron chi connectivity index (χ0n) is 8.28. The van der Waals surface area contributed by atoms with Crippen molar-refractivity contribution in [3.8, 4) is 17.4 Å². The largest absolute Gasteiger partial charge is 0.356 e. The second kappa shape index (κ2) is 3.07. The van der Waals surface area contributed by atoms with E-state index in [2.05, 4.69) is 10.1 Å². The van der Waals surface area contributed by atoms with Gasteiger partial charge in [-0.25, -0.2) is 0 Å². The standard InChI is InChI=1S/C11H7N3O2/c12-4-7-3-8-9(14-11(7)15)2-1-6-5-13-16-10(6)8/h3,5H,1-2H2,(H,14,15). The van der Waals surface area contributed by atoms with Crippen LogP contribution < -0.4 is 5.56 Å². The molecule has 16 heavy (non-hydrogen) atoms. The Morgan fingerprint density at radius 2 is 2.38 bits per heavy atom. The zero-order chi connectivity index (χ0) is 11.1. The molecule has 0 radical (unpaired) electrons. The van der Waals surface area contributed by atoms with Gasteiger partial charge in [0.2, 0.25) is 0 Å². The second-order valence-electron chi connectivity index (χ2n) is 3.70. The third kappa shape index (κ3) is 1.10. The molecule has 0 atom stereocenters. The van der Waals surface area contributed by atoms with Gasteiger partial charge in [-0.3, -0.25) is 4.79 Å². The summed E-state index contributed by atoms with van der Waals surface area (Å²) in [5, 5.41) is 12.5. The summed E-state index contributed by atoms with van der Waals surface area (Å²) >= 11 is 0. The molecule has 0 spiro atoms. The number of hydrogen-bond acceptors (Lipinski definition) is 4. The Morgan fingerprint density at radius 3 is 3.19 bits per heavy atom. The van der Waals surface area contributed by atoms with Crippen molar-refractivity contribution in [2.24, 2.45) is 0 Å². The number of pyridine rings is 1. The van der Waals surface area contributed by atoms with Crippen molar-refractivity contribution in [2.45, 2.75) is 12.8 Å². The molecule has 2 heterocycles. The van der Waals surface area contributed by atoms with Gasteiger partial charge in [0.15, 0.2) is 5.76 Å². The fourth-order valence-corrected chi connectivity index (χ4v) is 1.97. The zero-order valence-corrected chi connectivity index (χ0v) is 8.28. The molecule has 3 rings (SSSR count). The van der Waals surface area contributed by atoms with Crippen molar-refractivity contribution >= 4 is 0 Å². The lowest BCUT2D eigenvalue weighted by Gasteiger charge is -2.13. The molecule has 1 aliphatic carbocycles. The third-order valence-electron chi connectivity index (χ3n) is 2.78. The highest BCUT2D eigenvalue weighted by molar-refractivity contribution is 5.67. The molecule has 0 aliphatic heterocycles. The number of nitrogens with one attached hydrogen (secondary N) is 1. The lowest BCUT2D eigenvalue weighted by atomic mass is 9.94. The van der Waals surface area contributed by atoms with Crippen LogP contribution in [0.25, 0.3) is 11.3 Å². The van der Waals surface area contributed by atoms with Crippen LogP contribution in [0.2, 0.25) is 0 Å². The number of aromatic nitrogens is 2. The van der Waals surface area contributed by atoms with Gasteiger partial charge in [-0.1, -0.05) is 5.16 Å². The highest BCUT2D eigenvalue weighted by Crippen LogP contribution is 2.31. The maximum absolute atomic E-state index is 11.4. The van der Waals surface area contributed by atoms with Crippen molar-refractivity contribution in [2.75, 3.05) is 0 Å². The lowest BCUT2D eigenvalue weighted by molar-refractivity contribution is 0.430. The summed E-state index contributed by atoms with van der Waals surface area (Å²) in [5.41, 5.74) is 2.36. The van der Waals surface area contributed by atoms with E-state index in [4.69, 9.17) is 9.78 Å². The average Bonchev–Trinajstić information content (AvgIpc) is 2.76. The monoisotopic (exact) mass is 213 g/mol. The molecule has 5 heteroatoms. The Kier molecular flexibility index (Phi) is 1.71. The predicted molar refractivity (Wildman–Crippen MR) is 54.7 cm³/mol. The van der Waals surface area contributed by atoms with Crippen molar-refractivity contribution in [3.05, 3.63) is 39.4 Å². The third-order valence-corrected chi connectivity index (χ3v) is 2.78. The maximum atomic E-state index is 11.4. The average molecular weight is 213 g/mol. The Bertz CT molecular complexity index is 661. The van der Waals surface area contributed by atoms with Crippen LogP contribution in [0.15, 0.2) is 21.6 Å². The molecule has 1 N–H and O–H groups in total. The van der Waals surface area contributed by atoms with Gasteiger partial charge in [0.25, 0.3) is 5.56 Å². The van der Waals surface area contributed by atoms with Crippen molar-refractivity contribution < 1.29 is 4.52 Å². The first-order valence-electron chi connectivity index (χ1n) is 4.90. The van der Waals surface area contributed by atoms with E-state index in [9.17, 15) is 4.79 Å². The molecule has 2 aromatic rings. The summed E-state index contributed by atoms with van der Waals surface area (Å²) in [6.45, 7) is 0. The van der Waals surface area contributed by atoms with E-state index in [0.29, 0.717) is 5.76 Å². The van der Waals surface area contributed by atoms with Crippen LogP contribution >= 0.6 is 0 Å². The summed E-state index contributed by atoms with van der Waals surface area (Å²) in [6, 6.07) is 3.43. The molecule has 0 fully saturated rings. The van der Waals surface area contributed by atoms with E-state index < -0.39 is 0 Å². The number of nitriles is 1. The van der Waals surface area contributed by atoms with Crippen LogP contribution in [0, 0.1) is 11.3 Å². The summed E-state index contributed by atoms with van der Waals surface area (Å²) < 4.78 is 5.14. The van der Waals surface area contributed by atoms with Crippen LogP contribution in [-0.2, 0) is 12.8 Å². The lowest BCUT2D eigenvalue weighted by Crippen LogP contribution is -2.16. The first-order chi connectivity index (χ1) is 7.79. The van der Waals surface area contributed by atoms with Gasteiger partial charge in [-0.15, -0.1) is 0 Å². The van der Waals surface area contributed by atoms with E-state index in [0.717, 1.165) is 29.7 Å². The Hall–Kier alpha value is -2.35. The number of fused-ring (bicyclic) bond motifs is 3. The van der Waals surface area contributed by atoms with Crippen molar-refractivity contribution in [3.63, 3.8) is 0 Å². The second-order valence-corrected chi connectivity index (χ2v) is 3.70. The molecule has 0 unspecified atom stereocenters. The number of rotatable bonds is 0. The minimum atomic E-state index is -0.343. The van der Waals surface area contributed by atoms with Gasteiger partial charge in [-0.05, 0) is 18.9 Å². The minimum Gasteiger partial charge on any atom is -0.356 e. The smallest absolute Gasteiger partial charge is 0.266 e. The van der Waals surface area contributed by atoms with Crippen molar-refractivity contribution in [1.29, 1.82) is 5.26 Å². The summed E-state index contributed by atoms with van der Waals surface area (Å²) in [6.07, 6.45) is 3.22. The molecule has 5 nitrogen and oxygen atoms in total. The van der Waals surface area contributed by atoms with E-state index in [1.165, 1.54) is 0 Å². The summed E-state index contributed by atoms with van der Waals surface area (Å²) in [7, 11) is 0. The molecule has 2 aromatic heterocycles. The summed E-state index contributed by atoms with van der Waals surface area (Å²) in [4.78, 5) is 14.2. The molecule has 0 aromatic carbocycles. The number of H-pyrrole nitrogens is 1. The first-order valence-corrected chi connectivity index (χ1v) is 4.90. The molecule has 0 saturated heterocycles. The summed E-state index contributed by atoms with van der Waals surface area (Å²) in [5.74, 6) is 0.661. The SMILES string of the molecule is N#Cc1cc2c([nH]c1=O)CCc1cnoc1-2. The number of aromatic amines is 1. The van der Waals surface area contributed by atoms with Gasteiger partial charge >= 0.3 is 0 Å². The normalized spacial score (nSPS) is 12.7. The molecular weight excluding hydrogens is 206 g/mol. The van der Waals surface area contributed by atoms with Gasteiger partial charge in [0, 0.05) is 16.8 Å². The van der Waals surface area contributed by atoms with Gasteiger partial charge in [-0.2, -0.15) is 5.26 Å². The number of hydrogen-bond donors (Lipinski definition) is 1. The van der Waals surface area contributed by atoms with Gasteiger partial charge in [0.05, 0.1) is 6.20 Å². The molecule has 78 valence electrons. The molecule has 0 saturated carbocycles. The number of aryl methyl sites for hydroxylation is 2. The number of nitrogens with zero attached hydrogens (tertiary/aromatic N) is 2. The maximum Gasteiger partial charge on any atom is 0.266 e. The quantitative estimate of drug-likeness (QED) is 0.707. The topological polar surface area (TPSA) is 82.7 Å². The van der Waals surface area contributed by atoms with E-state index in [1.807, 2.05) is 6.07 Å². The van der Waals surface area contributed by atoms with E-state index in [1.54, 1.807) is 12.3 Å². The van der Waals surface area contributed by atoms with Crippen LogP contribution in [0.1, 0.15) is 16.8 Å². The molecule has 0 amide bonds. The Balaban J connectivity index is 2.33. The first kappa shape index (κ1) is 8.92. The fraction of sp³-hybridized carbons (Fsp3) is 0.182. The highest BCUT2D eigenvalue weighted by atomic mass is 16.5. The van der Waals surface area contributed by atoms with Crippen molar-refractivity contribution in [1.82, 2.24) is 10.1 Å². The van der Waals surface area contributed by atoms with E-state index >= 15 is 0 Å². The van der Waals surface area contributed by atoms with Crippen LogP contribution in [0.5, 0.6) is 0 Å². The fourth-order valence-electron chi connectivity index (χ4n) is 1.97. The van der Waals surface area contributed by atoms with Gasteiger partial charge in [0.1, 0.15) is 11.6 Å². The minimum absolute atomic E-state index is 0.100. The highest BCUT2D eigenvalue weighted by Gasteiger charge is 2.21. The molecular formula is C11H7N3O2. The Labute approximate surface area is 90.3 Å². The Morgan fingerprint density at radius 1 is 1.50 bits per heavy atom. The molecule has 1 aliphatic rings. The van der Waals surface area contributed by atoms with Crippen LogP contribution in [-0.4, -0.2) is 10.1 Å².